The number of nitrogens with zero attached hydrogens (tertiary/aromatic N) is 19. The predicted octanol–water partition coefficient (Wildman–Crippen LogP) is 17.4. The topological polar surface area (TPSA) is 297 Å². The number of carbonyl (C=O) groups is 1. The fourth-order valence-corrected chi connectivity index (χ4v) is 14.6. The molecule has 3 radical (unpaired) electrons. The molecule has 17 rings (SSSR count). The van der Waals surface area contributed by atoms with E-state index >= 15 is 0 Å². The third kappa shape index (κ3) is 26.5. The normalized spacial score (nSPS) is 13.9. The van der Waals surface area contributed by atoms with E-state index in [1.807, 2.05) is 86.3 Å². The van der Waals surface area contributed by atoms with E-state index in [2.05, 4.69) is 169 Å². The summed E-state index contributed by atoms with van der Waals surface area (Å²) in [6, 6.07) is 22.3. The number of aliphatic hydroxyl groups is 2. The van der Waals surface area contributed by atoms with Crippen LogP contribution in [0, 0.1) is 23.7 Å². The summed E-state index contributed by atoms with van der Waals surface area (Å²) >= 11 is 38.2. The summed E-state index contributed by atoms with van der Waals surface area (Å²) in [4.78, 5) is 32.8. The Kier molecular flexibility index (Phi) is 39.8. The van der Waals surface area contributed by atoms with Gasteiger partial charge in [-0.15, -0.1) is 20.4 Å². The van der Waals surface area contributed by atoms with Crippen molar-refractivity contribution in [3.8, 4) is 46.5 Å². The van der Waals surface area contributed by atoms with Gasteiger partial charge in [0.15, 0.2) is 6.29 Å². The number of likely N-dealkylation sites (tertiary alicyclic amines) is 1. The smallest absolute Gasteiger partial charge is 1.00 e. The van der Waals surface area contributed by atoms with Gasteiger partial charge in [-0.1, -0.05) is 110 Å². The van der Waals surface area contributed by atoms with Gasteiger partial charge in [0.1, 0.15) is 45.1 Å². The van der Waals surface area contributed by atoms with E-state index in [4.69, 9.17) is 75.2 Å². The zero-order valence-corrected chi connectivity index (χ0v) is 77.2. The van der Waals surface area contributed by atoms with E-state index in [9.17, 15) is 9.90 Å². The molecular weight excluding hydrogens is 1870 g/mol. The molecule has 0 unspecified atom stereocenters. The fourth-order valence-electron chi connectivity index (χ4n) is 11.9. The van der Waals surface area contributed by atoms with Crippen LogP contribution < -0.4 is 48.5 Å². The van der Waals surface area contributed by atoms with Crippen LogP contribution in [0.4, 0.5) is 0 Å². The molecule has 1 saturated heterocycles. The van der Waals surface area contributed by atoms with Crippen molar-refractivity contribution in [2.24, 2.45) is 28.4 Å². The minimum absolute atomic E-state index is 0. The SMILES string of the molecule is C.C.CCN(CC)CC.CCc1cc(Cl)cnc1Oc1ccc2c(nnn2CC2CC2)c1Br.CN=P.CO.COC1CN(Cc2cc(Cl)cnc2Oc2ccc3c(nnn3CC3CC3)c2Br)C1.O=Cc1cc(Cl)cnc1Oc1ccc2c(nnn2CC2CC2)c1Br.OCc1cc(Cl)cnc1Oc1ccc2c(nnn2CC2CC2)c1Br.[B].[H-].[Na+]. The van der Waals surface area contributed by atoms with E-state index in [-0.39, 0.29) is 72.3 Å². The first-order valence-corrected chi connectivity index (χ1v) is 42.1. The molecule has 9 heterocycles. The second kappa shape index (κ2) is 47.4. The van der Waals surface area contributed by atoms with Crippen molar-refractivity contribution in [1.82, 2.24) is 89.7 Å². The largest absolute Gasteiger partial charge is 1.00 e. The first-order chi connectivity index (χ1) is 54.8. The van der Waals surface area contributed by atoms with Gasteiger partial charge in [-0.25, -0.2) is 38.7 Å². The molecule has 0 bridgehead atoms. The van der Waals surface area contributed by atoms with E-state index in [0.717, 1.165) is 135 Å². The third-order valence-electron chi connectivity index (χ3n) is 18.9. The van der Waals surface area contributed by atoms with Gasteiger partial charge in [0.05, 0.1) is 78.3 Å². The van der Waals surface area contributed by atoms with Gasteiger partial charge in [-0.3, -0.25) is 14.4 Å². The van der Waals surface area contributed by atoms with Crippen LogP contribution in [-0.4, -0.2) is 175 Å². The van der Waals surface area contributed by atoms with Crippen LogP contribution >= 0.6 is 119 Å². The zero-order chi connectivity index (χ0) is 80.4. The summed E-state index contributed by atoms with van der Waals surface area (Å²) in [5, 5.41) is 52.7. The fraction of sp³-hybridized carbons (Fsp3) is 0.430. The number of aryl methyl sites for hydroxylation is 1. The van der Waals surface area contributed by atoms with Crippen LogP contribution in [0.5, 0.6) is 46.5 Å². The van der Waals surface area contributed by atoms with Crippen molar-refractivity contribution >= 4 is 178 Å². The molecule has 117 heavy (non-hydrogen) atoms. The predicted molar refractivity (Wildman–Crippen MR) is 474 cm³/mol. The van der Waals surface area contributed by atoms with Gasteiger partial charge in [-0.2, -0.15) is 0 Å². The number of rotatable bonds is 25. The molecule has 38 heteroatoms. The van der Waals surface area contributed by atoms with Crippen LogP contribution in [0.15, 0.2) is 120 Å². The first-order valence-electron chi connectivity index (χ1n) is 36.9. The Balaban J connectivity index is 0.000000231. The standard InChI is InChI=1S/C20H21BrClN5O2.C17H16BrClN4O.C16H14BrClN4O2.C16H12BrClN4O2.C6H15N.CH4NP.CH4O.2CH4.B.Na.H/c1-28-15-10-26(11-15)9-13-6-14(22)7-23-20(13)29-17-5-4-16-19(18(17)21)24-25-27(16)8-12-2-3-12;1-2-11-7-12(19)8-20-17(11)24-14-6-5-13-16(15(14)18)21-22-23(13)9-10-3-4-10;2*17-14-13(24-16-10(8-23)5-11(18)6-19-16)4-3-12-15(14)20-21-22(12)7-9-1-2-9;1-4-7(5-2)6-3;1-2-3;1-2;;;;;/h4-7,12,15H,2-3,8-11H2,1H3;5-8,10H,2-4,9H2,1H3;3-6,9,23H,1-2,7-8H2;3-6,8-9H,1-2,7H2;4-6H2,1-3H3;3H,1H3;2H,1H3;2*1H4;;;/q;;;;;;;;;;+1;-1. The summed E-state index contributed by atoms with van der Waals surface area (Å²) in [5.74, 6) is 6.91. The summed E-state index contributed by atoms with van der Waals surface area (Å²) in [6.45, 7) is 18.1. The number of ether oxygens (including phenoxy) is 5. The number of hydrogen-bond acceptors (Lipinski definition) is 23. The van der Waals surface area contributed by atoms with Crippen LogP contribution in [0.2, 0.25) is 20.1 Å². The van der Waals surface area contributed by atoms with Crippen molar-refractivity contribution in [3.05, 3.63) is 158 Å². The van der Waals surface area contributed by atoms with Crippen LogP contribution in [0.25, 0.3) is 44.1 Å². The molecule has 4 aromatic carbocycles. The average Bonchev–Trinajstić information content (AvgIpc) is 1.72. The molecule has 8 aromatic heterocycles. The summed E-state index contributed by atoms with van der Waals surface area (Å²) in [6.07, 6.45) is 18.0. The molecule has 0 spiro atoms. The van der Waals surface area contributed by atoms with E-state index in [1.54, 1.807) is 32.6 Å². The molecule has 5 fully saturated rings. The summed E-state index contributed by atoms with van der Waals surface area (Å²) < 4.78 is 43.2. The van der Waals surface area contributed by atoms with Crippen molar-refractivity contribution in [2.45, 2.75) is 146 Å². The quantitative estimate of drug-likeness (QED) is 0.0305. The minimum atomic E-state index is -0.208. The van der Waals surface area contributed by atoms with Gasteiger partial charge >= 0.3 is 29.6 Å². The van der Waals surface area contributed by atoms with Crippen LogP contribution in [0.1, 0.15) is 122 Å². The van der Waals surface area contributed by atoms with Crippen LogP contribution in [-0.2, 0) is 50.5 Å². The number of aliphatic hydroxyl groups excluding tert-OH is 2. The number of methoxy groups -OCH3 is 1. The second-order valence-corrected chi connectivity index (χ2v) is 32.5. The summed E-state index contributed by atoms with van der Waals surface area (Å²) in [5.41, 5.74) is 9.70. The number of carbonyl (C=O) groups excluding carboxylic acids is 1. The number of benzene rings is 4. The maximum Gasteiger partial charge on any atom is 1.00 e. The first kappa shape index (κ1) is 98.1. The minimum Gasteiger partial charge on any atom is -1.00 e. The van der Waals surface area contributed by atoms with Crippen molar-refractivity contribution in [1.29, 1.82) is 0 Å². The number of hydrogen-bond donors (Lipinski definition) is 2. The van der Waals surface area contributed by atoms with Gasteiger partial charge < -0.3 is 40.2 Å². The van der Waals surface area contributed by atoms with Crippen molar-refractivity contribution in [3.63, 3.8) is 0 Å². The molecule has 4 saturated carbocycles. The molecule has 1 aliphatic heterocycles. The molecule has 27 nitrogen and oxygen atoms in total. The summed E-state index contributed by atoms with van der Waals surface area (Å²) in [7, 11) is 7.21. The molecule has 0 amide bonds. The molecule has 2 N–H and O–H groups in total. The van der Waals surface area contributed by atoms with Gasteiger partial charge in [0, 0.05) is 117 Å². The monoisotopic (exact) mass is 1960 g/mol. The number of aldehydes is 1. The Morgan fingerprint density at radius 3 is 1.09 bits per heavy atom. The molecule has 4 aliphatic carbocycles. The maximum absolute atomic E-state index is 11.2. The van der Waals surface area contributed by atoms with Crippen molar-refractivity contribution < 1.29 is 69.7 Å². The maximum atomic E-state index is 11.2. The van der Waals surface area contributed by atoms with E-state index < -0.39 is 0 Å². The number of halogens is 8. The van der Waals surface area contributed by atoms with Crippen molar-refractivity contribution in [2.75, 3.05) is 54.0 Å². The number of aromatic nitrogens is 16. The number of fused-ring (bicyclic) bond motifs is 4. The van der Waals surface area contributed by atoms with Crippen LogP contribution in [0.3, 0.4) is 0 Å². The van der Waals surface area contributed by atoms with Gasteiger partial charge in [0.2, 0.25) is 23.5 Å². The molecular formula is C79H95BBr4Cl4N19NaO8P. The Hall–Kier alpha value is -6.01. The molecule has 619 valence electrons. The Labute approximate surface area is 762 Å². The average molecular weight is 1960 g/mol. The third-order valence-corrected chi connectivity index (χ3v) is 22.8. The Bertz CT molecular complexity index is 5110. The zero-order valence-electron chi connectivity index (χ0n) is 65.8. The Morgan fingerprint density at radius 1 is 0.513 bits per heavy atom. The molecule has 5 aliphatic rings. The molecule has 12 aromatic rings. The molecule has 0 atom stereocenters. The van der Waals surface area contributed by atoms with Gasteiger partial charge in [-0.05, 0) is 247 Å². The number of pyridine rings is 4. The van der Waals surface area contributed by atoms with E-state index in [0.29, 0.717) is 100 Å². The van der Waals surface area contributed by atoms with E-state index in [1.165, 1.54) is 89.5 Å². The second-order valence-electron chi connectivity index (χ2n) is 27.2. The van der Waals surface area contributed by atoms with Gasteiger partial charge in [0.25, 0.3) is 0 Å². The Morgan fingerprint density at radius 2 is 0.803 bits per heavy atom.